The van der Waals surface area contributed by atoms with Gasteiger partial charge in [-0.1, -0.05) is 15.9 Å². The van der Waals surface area contributed by atoms with Gasteiger partial charge in [-0.25, -0.2) is 0 Å². The van der Waals surface area contributed by atoms with Crippen LogP contribution in [0.4, 0.5) is 5.69 Å². The molecule has 3 heteroatoms. The van der Waals surface area contributed by atoms with Crippen molar-refractivity contribution in [3.05, 3.63) is 28.2 Å². The molecule has 2 nitrogen and oxygen atoms in total. The lowest BCUT2D eigenvalue weighted by Crippen LogP contribution is -2.37. The van der Waals surface area contributed by atoms with Crippen LogP contribution in [0.5, 0.6) is 0 Å². The summed E-state index contributed by atoms with van der Waals surface area (Å²) < 4.78 is 1.17. The van der Waals surface area contributed by atoms with Crippen molar-refractivity contribution in [2.45, 2.75) is 25.3 Å². The zero-order chi connectivity index (χ0) is 10.8. The van der Waals surface area contributed by atoms with Crippen LogP contribution in [0.15, 0.2) is 22.7 Å². The first kappa shape index (κ1) is 11.0. The summed E-state index contributed by atoms with van der Waals surface area (Å²) >= 11 is 3.52. The standard InChI is InChI=1S/C12H17BrN2/c1-15-11(6-7-14)4-2-9-8-10(13)3-5-12(9)15/h3,5,8,11H,2,4,6-7,14H2,1H3. The molecular formula is C12H17BrN2. The first-order chi connectivity index (χ1) is 7.22. The lowest BCUT2D eigenvalue weighted by molar-refractivity contribution is 0.527. The van der Waals surface area contributed by atoms with E-state index >= 15 is 0 Å². The quantitative estimate of drug-likeness (QED) is 0.894. The predicted molar refractivity (Wildman–Crippen MR) is 68.3 cm³/mol. The van der Waals surface area contributed by atoms with Crippen LogP contribution in [0.2, 0.25) is 0 Å². The molecule has 1 aliphatic rings. The average molecular weight is 269 g/mol. The van der Waals surface area contributed by atoms with E-state index in [0.29, 0.717) is 6.04 Å². The molecule has 0 bridgehead atoms. The molecule has 0 aromatic heterocycles. The lowest BCUT2D eigenvalue weighted by Gasteiger charge is -2.36. The summed E-state index contributed by atoms with van der Waals surface area (Å²) in [6.07, 6.45) is 3.48. The largest absolute Gasteiger partial charge is 0.371 e. The number of halogens is 1. The van der Waals surface area contributed by atoms with Gasteiger partial charge in [0.25, 0.3) is 0 Å². The van der Waals surface area contributed by atoms with Gasteiger partial charge >= 0.3 is 0 Å². The van der Waals surface area contributed by atoms with E-state index in [9.17, 15) is 0 Å². The van der Waals surface area contributed by atoms with E-state index in [2.05, 4.69) is 46.1 Å². The van der Waals surface area contributed by atoms with Gasteiger partial charge in [0.15, 0.2) is 0 Å². The van der Waals surface area contributed by atoms with Gasteiger partial charge in [-0.3, -0.25) is 0 Å². The fourth-order valence-corrected chi connectivity index (χ4v) is 2.75. The van der Waals surface area contributed by atoms with E-state index in [0.717, 1.165) is 13.0 Å². The van der Waals surface area contributed by atoms with Crippen LogP contribution in [0.3, 0.4) is 0 Å². The summed E-state index contributed by atoms with van der Waals surface area (Å²) in [7, 11) is 2.17. The van der Waals surface area contributed by atoms with Gasteiger partial charge in [0.1, 0.15) is 0 Å². The molecule has 15 heavy (non-hydrogen) atoms. The average Bonchev–Trinajstić information content (AvgIpc) is 2.22. The Hall–Kier alpha value is -0.540. The minimum absolute atomic E-state index is 0.615. The summed E-state index contributed by atoms with van der Waals surface area (Å²) in [6.45, 7) is 0.779. The highest BCUT2D eigenvalue weighted by molar-refractivity contribution is 9.10. The molecule has 1 atom stereocenters. The highest BCUT2D eigenvalue weighted by atomic mass is 79.9. The molecule has 1 aromatic rings. The van der Waals surface area contributed by atoms with Crippen molar-refractivity contribution in [2.75, 3.05) is 18.5 Å². The van der Waals surface area contributed by atoms with Gasteiger partial charge in [0.05, 0.1) is 0 Å². The zero-order valence-corrected chi connectivity index (χ0v) is 10.6. The molecule has 0 spiro atoms. The van der Waals surface area contributed by atoms with E-state index in [-0.39, 0.29) is 0 Å². The summed E-state index contributed by atoms with van der Waals surface area (Å²) in [5.74, 6) is 0. The van der Waals surface area contributed by atoms with Crippen molar-refractivity contribution in [3.63, 3.8) is 0 Å². The van der Waals surface area contributed by atoms with Crippen molar-refractivity contribution >= 4 is 21.6 Å². The van der Waals surface area contributed by atoms with Crippen LogP contribution in [-0.4, -0.2) is 19.6 Å². The molecule has 2 N–H and O–H groups in total. The van der Waals surface area contributed by atoms with E-state index in [4.69, 9.17) is 5.73 Å². The second-order valence-corrected chi connectivity index (χ2v) is 5.07. The third kappa shape index (κ3) is 2.18. The third-order valence-electron chi connectivity index (χ3n) is 3.22. The van der Waals surface area contributed by atoms with Crippen LogP contribution < -0.4 is 10.6 Å². The topological polar surface area (TPSA) is 29.3 Å². The van der Waals surface area contributed by atoms with Crippen LogP contribution in [0.1, 0.15) is 18.4 Å². The Balaban J connectivity index is 2.26. The van der Waals surface area contributed by atoms with Gasteiger partial charge in [0.2, 0.25) is 0 Å². The maximum absolute atomic E-state index is 5.63. The normalized spacial score (nSPS) is 20.2. The van der Waals surface area contributed by atoms with E-state index < -0.39 is 0 Å². The van der Waals surface area contributed by atoms with Crippen molar-refractivity contribution in [1.82, 2.24) is 0 Å². The molecule has 1 aliphatic heterocycles. The van der Waals surface area contributed by atoms with E-state index in [1.165, 1.54) is 28.6 Å². The number of benzene rings is 1. The van der Waals surface area contributed by atoms with Gasteiger partial charge in [-0.15, -0.1) is 0 Å². The fraction of sp³-hybridized carbons (Fsp3) is 0.500. The second kappa shape index (κ2) is 4.54. The molecule has 1 unspecified atom stereocenters. The van der Waals surface area contributed by atoms with Crippen molar-refractivity contribution in [1.29, 1.82) is 0 Å². The Morgan fingerprint density at radius 1 is 1.53 bits per heavy atom. The summed E-state index contributed by atoms with van der Waals surface area (Å²) in [6, 6.07) is 7.15. The van der Waals surface area contributed by atoms with Gasteiger partial charge in [0, 0.05) is 23.2 Å². The SMILES string of the molecule is CN1c2ccc(Br)cc2CCC1CCN. The molecule has 0 saturated carbocycles. The molecule has 0 saturated heterocycles. The molecular weight excluding hydrogens is 252 g/mol. The number of fused-ring (bicyclic) bond motifs is 1. The molecule has 1 aromatic carbocycles. The maximum atomic E-state index is 5.63. The minimum Gasteiger partial charge on any atom is -0.371 e. The molecule has 0 amide bonds. The molecule has 0 aliphatic carbocycles. The number of hydrogen-bond donors (Lipinski definition) is 1. The van der Waals surface area contributed by atoms with Crippen LogP contribution in [0, 0.1) is 0 Å². The van der Waals surface area contributed by atoms with Crippen molar-refractivity contribution in [3.8, 4) is 0 Å². The smallest absolute Gasteiger partial charge is 0.0399 e. The molecule has 1 heterocycles. The molecule has 0 fully saturated rings. The van der Waals surface area contributed by atoms with Gasteiger partial charge in [-0.2, -0.15) is 0 Å². The van der Waals surface area contributed by atoms with Crippen molar-refractivity contribution in [2.24, 2.45) is 5.73 Å². The molecule has 2 rings (SSSR count). The summed E-state index contributed by atoms with van der Waals surface area (Å²) in [5, 5.41) is 0. The minimum atomic E-state index is 0.615. The zero-order valence-electron chi connectivity index (χ0n) is 9.04. The number of aryl methyl sites for hydroxylation is 1. The number of rotatable bonds is 2. The highest BCUT2D eigenvalue weighted by Gasteiger charge is 2.22. The summed E-state index contributed by atoms with van der Waals surface area (Å²) in [5.41, 5.74) is 8.44. The Labute approximate surface area is 99.6 Å². The lowest BCUT2D eigenvalue weighted by atomic mass is 9.94. The molecule has 0 radical (unpaired) electrons. The monoisotopic (exact) mass is 268 g/mol. The maximum Gasteiger partial charge on any atom is 0.0399 e. The van der Waals surface area contributed by atoms with Crippen LogP contribution in [0.25, 0.3) is 0 Å². The van der Waals surface area contributed by atoms with E-state index in [1.807, 2.05) is 0 Å². The van der Waals surface area contributed by atoms with Gasteiger partial charge in [-0.05, 0) is 49.6 Å². The first-order valence-electron chi connectivity index (χ1n) is 5.43. The third-order valence-corrected chi connectivity index (χ3v) is 3.71. The number of nitrogens with two attached hydrogens (primary N) is 1. The van der Waals surface area contributed by atoms with Crippen LogP contribution in [-0.2, 0) is 6.42 Å². The van der Waals surface area contributed by atoms with Crippen LogP contribution >= 0.6 is 15.9 Å². The number of anilines is 1. The number of hydrogen-bond acceptors (Lipinski definition) is 2. The first-order valence-corrected chi connectivity index (χ1v) is 6.23. The molecule has 82 valence electrons. The Kier molecular flexibility index (Phi) is 3.32. The number of nitrogens with zero attached hydrogens (tertiary/aromatic N) is 1. The highest BCUT2D eigenvalue weighted by Crippen LogP contribution is 2.32. The second-order valence-electron chi connectivity index (χ2n) is 4.15. The summed E-state index contributed by atoms with van der Waals surface area (Å²) in [4.78, 5) is 2.37. The van der Waals surface area contributed by atoms with Crippen molar-refractivity contribution < 1.29 is 0 Å². The fourth-order valence-electron chi connectivity index (χ4n) is 2.34. The van der Waals surface area contributed by atoms with Gasteiger partial charge < -0.3 is 10.6 Å². The predicted octanol–water partition coefficient (Wildman–Crippen LogP) is 2.55. The Morgan fingerprint density at radius 2 is 2.33 bits per heavy atom. The van der Waals surface area contributed by atoms with E-state index in [1.54, 1.807) is 0 Å². The Morgan fingerprint density at radius 3 is 3.07 bits per heavy atom. The Bertz CT molecular complexity index is 351.